The van der Waals surface area contributed by atoms with Crippen LogP contribution >= 0.6 is 11.8 Å². The first-order chi connectivity index (χ1) is 11.8. The minimum atomic E-state index is -3.38. The van der Waals surface area contributed by atoms with Crippen molar-refractivity contribution in [2.24, 2.45) is 5.92 Å². The number of thioether (sulfide) groups is 1. The smallest absolute Gasteiger partial charge is 0.255 e. The largest absolute Gasteiger partial charge is 0.321 e. The molecule has 2 rings (SSSR count). The van der Waals surface area contributed by atoms with Crippen molar-refractivity contribution in [1.29, 1.82) is 5.26 Å². The van der Waals surface area contributed by atoms with Gasteiger partial charge in [0.1, 0.15) is 0 Å². The number of nitriles is 1. The summed E-state index contributed by atoms with van der Waals surface area (Å²) in [7, 11) is -3.38. The van der Waals surface area contributed by atoms with Crippen LogP contribution < -0.4 is 5.32 Å². The highest BCUT2D eigenvalue weighted by Crippen LogP contribution is 2.29. The third-order valence-corrected chi connectivity index (χ3v) is 5.81. The van der Waals surface area contributed by atoms with Crippen LogP contribution in [0.4, 0.5) is 5.69 Å². The molecule has 0 aliphatic heterocycles. The Morgan fingerprint density at radius 2 is 1.96 bits per heavy atom. The van der Waals surface area contributed by atoms with Gasteiger partial charge in [-0.1, -0.05) is 18.2 Å². The maximum Gasteiger partial charge on any atom is 0.255 e. The number of carbonyl (C=O) groups is 1. The van der Waals surface area contributed by atoms with Gasteiger partial charge in [-0.3, -0.25) is 4.79 Å². The second-order valence-electron chi connectivity index (χ2n) is 5.59. The number of benzene rings is 2. The molecule has 0 aromatic heterocycles. The number of nitrogens with zero attached hydrogens (tertiary/aromatic N) is 1. The van der Waals surface area contributed by atoms with Crippen molar-refractivity contribution in [3.8, 4) is 6.07 Å². The standard InChI is InChI=1S/C18H18N2O3S2/c1-13(11-19)12-24-17-9-4-3-8-16(17)20-18(21)14-6-5-7-15(10-14)25(2,22)23/h3-10,13H,12H2,1-2H3,(H,20,21)/t13-/m0/s1. The predicted molar refractivity (Wildman–Crippen MR) is 99.4 cm³/mol. The Morgan fingerprint density at radius 1 is 1.24 bits per heavy atom. The van der Waals surface area contributed by atoms with Crippen LogP contribution in [-0.4, -0.2) is 26.3 Å². The lowest BCUT2D eigenvalue weighted by atomic mass is 10.2. The topological polar surface area (TPSA) is 87.0 Å². The Hall–Kier alpha value is -2.30. The lowest BCUT2D eigenvalue weighted by molar-refractivity contribution is 0.102. The molecule has 0 aliphatic rings. The van der Waals surface area contributed by atoms with Crippen molar-refractivity contribution in [1.82, 2.24) is 0 Å². The van der Waals surface area contributed by atoms with Crippen LogP contribution in [-0.2, 0) is 9.84 Å². The third-order valence-electron chi connectivity index (χ3n) is 3.37. The van der Waals surface area contributed by atoms with Crippen LogP contribution in [0.25, 0.3) is 0 Å². The van der Waals surface area contributed by atoms with Crippen LogP contribution in [0.5, 0.6) is 0 Å². The molecule has 1 amide bonds. The summed E-state index contributed by atoms with van der Waals surface area (Å²) in [5, 5.41) is 11.7. The zero-order valence-corrected chi connectivity index (χ0v) is 15.5. The highest BCUT2D eigenvalue weighted by Gasteiger charge is 2.13. The van der Waals surface area contributed by atoms with Gasteiger partial charge in [0.05, 0.1) is 22.6 Å². The summed E-state index contributed by atoms with van der Waals surface area (Å²) >= 11 is 1.49. The molecule has 0 heterocycles. The molecular formula is C18H18N2O3S2. The first-order valence-corrected chi connectivity index (χ1v) is 10.4. The van der Waals surface area contributed by atoms with Crippen molar-refractivity contribution < 1.29 is 13.2 Å². The molecule has 0 saturated carbocycles. The minimum absolute atomic E-state index is 0.0970. The Morgan fingerprint density at radius 3 is 2.64 bits per heavy atom. The summed E-state index contributed by atoms with van der Waals surface area (Å²) in [5.74, 6) is 0.138. The number of para-hydroxylation sites is 1. The van der Waals surface area contributed by atoms with E-state index < -0.39 is 9.84 Å². The lowest BCUT2D eigenvalue weighted by Gasteiger charge is -2.11. The number of anilines is 1. The molecule has 5 nitrogen and oxygen atoms in total. The fourth-order valence-electron chi connectivity index (χ4n) is 2.01. The summed E-state index contributed by atoms with van der Waals surface area (Å²) in [6.45, 7) is 1.84. The molecule has 25 heavy (non-hydrogen) atoms. The highest BCUT2D eigenvalue weighted by molar-refractivity contribution is 7.99. The summed E-state index contributed by atoms with van der Waals surface area (Å²) in [6, 6.07) is 15.4. The number of amides is 1. The zero-order valence-electron chi connectivity index (χ0n) is 13.9. The number of hydrogen-bond donors (Lipinski definition) is 1. The summed E-state index contributed by atoms with van der Waals surface area (Å²) in [5.41, 5.74) is 0.903. The number of sulfone groups is 1. The maximum absolute atomic E-state index is 12.5. The second kappa shape index (κ2) is 8.19. The Bertz CT molecular complexity index is 918. The third kappa shape index (κ3) is 5.34. The van der Waals surface area contributed by atoms with Gasteiger partial charge in [-0.2, -0.15) is 5.26 Å². The van der Waals surface area contributed by atoms with Crippen molar-refractivity contribution in [2.45, 2.75) is 16.7 Å². The van der Waals surface area contributed by atoms with Gasteiger partial charge in [0.25, 0.3) is 5.91 Å². The molecule has 0 bridgehead atoms. The average Bonchev–Trinajstić information content (AvgIpc) is 2.60. The number of hydrogen-bond acceptors (Lipinski definition) is 5. The van der Waals surface area contributed by atoms with Crippen LogP contribution in [0, 0.1) is 17.2 Å². The quantitative estimate of drug-likeness (QED) is 0.781. The average molecular weight is 374 g/mol. The second-order valence-corrected chi connectivity index (χ2v) is 8.67. The molecule has 0 fully saturated rings. The van der Waals surface area contributed by atoms with E-state index in [2.05, 4.69) is 11.4 Å². The van der Waals surface area contributed by atoms with Crippen molar-refractivity contribution in [3.05, 3.63) is 54.1 Å². The van der Waals surface area contributed by atoms with Crippen LogP contribution in [0.15, 0.2) is 58.3 Å². The molecule has 1 atom stereocenters. The van der Waals surface area contributed by atoms with E-state index in [1.165, 1.54) is 23.9 Å². The van der Waals surface area contributed by atoms with Gasteiger partial charge in [-0.15, -0.1) is 11.8 Å². The van der Waals surface area contributed by atoms with E-state index in [1.807, 2.05) is 19.1 Å². The van der Waals surface area contributed by atoms with E-state index in [-0.39, 0.29) is 22.3 Å². The van der Waals surface area contributed by atoms with E-state index >= 15 is 0 Å². The number of nitrogens with one attached hydrogen (secondary N) is 1. The van der Waals surface area contributed by atoms with Gasteiger partial charge >= 0.3 is 0 Å². The molecule has 2 aromatic rings. The monoisotopic (exact) mass is 374 g/mol. The SMILES string of the molecule is C[C@@H](C#N)CSc1ccccc1NC(=O)c1cccc(S(C)(=O)=O)c1. The van der Waals surface area contributed by atoms with Crippen molar-refractivity contribution in [2.75, 3.05) is 17.3 Å². The Labute approximate surface area is 152 Å². The Kier molecular flexibility index (Phi) is 6.23. The molecule has 0 aliphatic carbocycles. The van der Waals surface area contributed by atoms with E-state index in [0.29, 0.717) is 11.4 Å². The molecule has 130 valence electrons. The number of carbonyl (C=O) groups excluding carboxylic acids is 1. The van der Waals surface area contributed by atoms with E-state index in [4.69, 9.17) is 5.26 Å². The van der Waals surface area contributed by atoms with E-state index in [0.717, 1.165) is 11.2 Å². The molecule has 1 N–H and O–H groups in total. The highest BCUT2D eigenvalue weighted by atomic mass is 32.2. The predicted octanol–water partition coefficient (Wildman–Crippen LogP) is 3.59. The van der Waals surface area contributed by atoms with Gasteiger partial charge in [0, 0.05) is 22.5 Å². The van der Waals surface area contributed by atoms with Crippen molar-refractivity contribution in [3.63, 3.8) is 0 Å². The normalized spacial score (nSPS) is 12.2. The molecule has 2 aromatic carbocycles. The van der Waals surface area contributed by atoms with Gasteiger partial charge in [0.2, 0.25) is 0 Å². The van der Waals surface area contributed by atoms with E-state index in [1.54, 1.807) is 24.3 Å². The van der Waals surface area contributed by atoms with Gasteiger partial charge in [-0.05, 0) is 37.3 Å². The van der Waals surface area contributed by atoms with E-state index in [9.17, 15) is 13.2 Å². The molecule has 0 saturated heterocycles. The molecule has 7 heteroatoms. The molecule has 0 spiro atoms. The van der Waals surface area contributed by atoms with Crippen LogP contribution in [0.3, 0.4) is 0 Å². The fraction of sp³-hybridized carbons (Fsp3) is 0.222. The maximum atomic E-state index is 12.5. The first kappa shape index (κ1) is 19.0. The summed E-state index contributed by atoms with van der Waals surface area (Å²) < 4.78 is 23.3. The molecule has 0 radical (unpaired) electrons. The van der Waals surface area contributed by atoms with Crippen LogP contribution in [0.2, 0.25) is 0 Å². The van der Waals surface area contributed by atoms with Gasteiger partial charge in [-0.25, -0.2) is 8.42 Å². The fourth-order valence-corrected chi connectivity index (χ4v) is 3.63. The summed E-state index contributed by atoms with van der Waals surface area (Å²) in [6.07, 6.45) is 1.10. The molecule has 0 unspecified atom stereocenters. The Balaban J connectivity index is 2.20. The zero-order chi connectivity index (χ0) is 18.4. The lowest BCUT2D eigenvalue weighted by Crippen LogP contribution is -2.13. The summed E-state index contributed by atoms with van der Waals surface area (Å²) in [4.78, 5) is 13.4. The van der Waals surface area contributed by atoms with Gasteiger partial charge in [0.15, 0.2) is 9.84 Å². The molecular weight excluding hydrogens is 356 g/mol. The number of rotatable bonds is 6. The van der Waals surface area contributed by atoms with Crippen LogP contribution in [0.1, 0.15) is 17.3 Å². The first-order valence-electron chi connectivity index (χ1n) is 7.54. The minimum Gasteiger partial charge on any atom is -0.321 e. The van der Waals surface area contributed by atoms with Crippen molar-refractivity contribution >= 4 is 33.2 Å². The van der Waals surface area contributed by atoms with Gasteiger partial charge < -0.3 is 5.32 Å².